The second-order valence-corrected chi connectivity index (χ2v) is 5.23. The van der Waals surface area contributed by atoms with Crippen molar-refractivity contribution in [2.75, 3.05) is 11.9 Å². The molecule has 1 heterocycles. The van der Waals surface area contributed by atoms with Gasteiger partial charge in [-0.2, -0.15) is 0 Å². The Hall–Kier alpha value is -1.16. The first-order valence-electron chi connectivity index (χ1n) is 6.45. The second kappa shape index (κ2) is 5.45. The Balaban J connectivity index is 1.90. The number of aromatic nitrogens is 2. The normalized spacial score (nSPS) is 15.3. The highest BCUT2D eigenvalue weighted by Crippen LogP contribution is 2.19. The van der Waals surface area contributed by atoms with Crippen LogP contribution in [0, 0.1) is 12.8 Å². The van der Waals surface area contributed by atoms with E-state index in [4.69, 9.17) is 0 Å². The van der Waals surface area contributed by atoms with Crippen LogP contribution in [0.25, 0.3) is 0 Å². The molecule has 1 aromatic rings. The van der Waals surface area contributed by atoms with Gasteiger partial charge in [-0.3, -0.25) is 0 Å². The van der Waals surface area contributed by atoms with Crippen LogP contribution in [0.2, 0.25) is 0 Å². The van der Waals surface area contributed by atoms with Gasteiger partial charge in [0.1, 0.15) is 0 Å². The van der Waals surface area contributed by atoms with Gasteiger partial charge in [-0.25, -0.2) is 9.97 Å². The third-order valence-electron chi connectivity index (χ3n) is 2.91. The highest BCUT2D eigenvalue weighted by atomic mass is 15.1. The molecule has 1 aromatic heterocycles. The molecule has 0 atom stereocenters. The molecule has 17 heavy (non-hydrogen) atoms. The molecule has 1 saturated carbocycles. The summed E-state index contributed by atoms with van der Waals surface area (Å²) in [6, 6.07) is 0.730. The Morgan fingerprint density at radius 1 is 1.41 bits per heavy atom. The van der Waals surface area contributed by atoms with E-state index in [0.29, 0.717) is 5.92 Å². The average Bonchev–Trinajstić information content (AvgIpc) is 3.09. The number of hydrogen-bond acceptors (Lipinski definition) is 4. The Bertz CT molecular complexity index is 372. The molecule has 0 saturated heterocycles. The van der Waals surface area contributed by atoms with Crippen LogP contribution < -0.4 is 10.6 Å². The molecular weight excluding hydrogens is 212 g/mol. The topological polar surface area (TPSA) is 49.8 Å². The van der Waals surface area contributed by atoms with E-state index in [1.807, 2.05) is 13.1 Å². The maximum atomic E-state index is 4.48. The second-order valence-electron chi connectivity index (χ2n) is 5.23. The van der Waals surface area contributed by atoms with Gasteiger partial charge in [-0.15, -0.1) is 0 Å². The quantitative estimate of drug-likeness (QED) is 0.791. The smallest absolute Gasteiger partial charge is 0.222 e. The standard InChI is InChI=1S/C13H22N4/c1-9(2)6-15-13-16-8-11(10(3)17-13)7-14-12-4-5-12/h8-9,12,14H,4-7H2,1-3H3,(H,15,16,17). The number of hydrogen-bond donors (Lipinski definition) is 2. The fourth-order valence-corrected chi connectivity index (χ4v) is 1.59. The van der Waals surface area contributed by atoms with Crippen LogP contribution in [0.4, 0.5) is 5.95 Å². The van der Waals surface area contributed by atoms with Crippen molar-refractivity contribution in [3.8, 4) is 0 Å². The van der Waals surface area contributed by atoms with E-state index >= 15 is 0 Å². The van der Waals surface area contributed by atoms with Gasteiger partial charge in [0.05, 0.1) is 0 Å². The lowest BCUT2D eigenvalue weighted by molar-refractivity contribution is 0.674. The van der Waals surface area contributed by atoms with Gasteiger partial charge >= 0.3 is 0 Å². The first-order valence-corrected chi connectivity index (χ1v) is 6.45. The molecule has 1 fully saturated rings. The zero-order valence-corrected chi connectivity index (χ0v) is 11.0. The molecule has 1 aliphatic carbocycles. The summed E-state index contributed by atoms with van der Waals surface area (Å²) < 4.78 is 0. The van der Waals surface area contributed by atoms with Crippen LogP contribution in [0.15, 0.2) is 6.20 Å². The van der Waals surface area contributed by atoms with Crippen molar-refractivity contribution in [3.63, 3.8) is 0 Å². The van der Waals surface area contributed by atoms with Crippen molar-refractivity contribution in [1.29, 1.82) is 0 Å². The Morgan fingerprint density at radius 2 is 2.18 bits per heavy atom. The first kappa shape index (κ1) is 12.3. The molecule has 2 N–H and O–H groups in total. The monoisotopic (exact) mass is 234 g/mol. The van der Waals surface area contributed by atoms with Crippen LogP contribution in [-0.4, -0.2) is 22.6 Å². The summed E-state index contributed by atoms with van der Waals surface area (Å²) in [5.41, 5.74) is 2.27. The van der Waals surface area contributed by atoms with Gasteiger partial charge in [0.2, 0.25) is 5.95 Å². The Labute approximate surface area is 103 Å². The maximum Gasteiger partial charge on any atom is 0.222 e. The molecular formula is C13H22N4. The summed E-state index contributed by atoms with van der Waals surface area (Å²) in [6.07, 6.45) is 4.56. The fraction of sp³-hybridized carbons (Fsp3) is 0.692. The molecule has 4 nitrogen and oxygen atoms in total. The van der Waals surface area contributed by atoms with E-state index in [1.165, 1.54) is 18.4 Å². The lowest BCUT2D eigenvalue weighted by Crippen LogP contribution is -2.17. The van der Waals surface area contributed by atoms with Gasteiger partial charge in [-0.05, 0) is 25.7 Å². The van der Waals surface area contributed by atoms with Gasteiger partial charge in [0, 0.05) is 36.6 Å². The van der Waals surface area contributed by atoms with Gasteiger partial charge in [0.25, 0.3) is 0 Å². The molecule has 4 heteroatoms. The SMILES string of the molecule is Cc1nc(NCC(C)C)ncc1CNC1CC1. The van der Waals surface area contributed by atoms with E-state index in [0.717, 1.165) is 30.8 Å². The lowest BCUT2D eigenvalue weighted by Gasteiger charge is -2.10. The maximum absolute atomic E-state index is 4.48. The highest BCUT2D eigenvalue weighted by molar-refractivity contribution is 5.29. The Kier molecular flexibility index (Phi) is 3.94. The average molecular weight is 234 g/mol. The van der Waals surface area contributed by atoms with Crippen LogP contribution in [0.3, 0.4) is 0 Å². The molecule has 2 rings (SSSR count). The van der Waals surface area contributed by atoms with Crippen LogP contribution in [0.1, 0.15) is 37.9 Å². The molecule has 0 aliphatic heterocycles. The third kappa shape index (κ3) is 3.97. The number of anilines is 1. The van der Waals surface area contributed by atoms with E-state index in [9.17, 15) is 0 Å². The summed E-state index contributed by atoms with van der Waals surface area (Å²) >= 11 is 0. The highest BCUT2D eigenvalue weighted by Gasteiger charge is 2.20. The minimum atomic E-state index is 0.607. The number of aryl methyl sites for hydroxylation is 1. The van der Waals surface area contributed by atoms with Crippen LogP contribution >= 0.6 is 0 Å². The van der Waals surface area contributed by atoms with E-state index in [2.05, 4.69) is 34.4 Å². The third-order valence-corrected chi connectivity index (χ3v) is 2.91. The summed E-state index contributed by atoms with van der Waals surface area (Å²) in [4.78, 5) is 8.83. The number of nitrogens with one attached hydrogen (secondary N) is 2. The summed E-state index contributed by atoms with van der Waals surface area (Å²) in [6.45, 7) is 8.20. The van der Waals surface area contributed by atoms with E-state index < -0.39 is 0 Å². The summed E-state index contributed by atoms with van der Waals surface area (Å²) in [7, 11) is 0. The molecule has 1 aliphatic rings. The van der Waals surface area contributed by atoms with Gasteiger partial charge < -0.3 is 10.6 Å². The van der Waals surface area contributed by atoms with Gasteiger partial charge in [0.15, 0.2) is 0 Å². The fourth-order valence-electron chi connectivity index (χ4n) is 1.59. The minimum absolute atomic E-state index is 0.607. The van der Waals surface area contributed by atoms with Crippen molar-refractivity contribution in [2.45, 2.75) is 46.2 Å². The van der Waals surface area contributed by atoms with Crippen molar-refractivity contribution in [2.24, 2.45) is 5.92 Å². The molecule has 0 bridgehead atoms. The molecule has 0 spiro atoms. The van der Waals surface area contributed by atoms with Gasteiger partial charge in [-0.1, -0.05) is 13.8 Å². The predicted octanol–water partition coefficient (Wildman–Crippen LogP) is 2.10. The minimum Gasteiger partial charge on any atom is -0.354 e. The van der Waals surface area contributed by atoms with Crippen molar-refractivity contribution < 1.29 is 0 Å². The molecule has 94 valence electrons. The number of nitrogens with zero attached hydrogens (tertiary/aromatic N) is 2. The molecule has 0 aromatic carbocycles. The zero-order valence-electron chi connectivity index (χ0n) is 11.0. The van der Waals surface area contributed by atoms with Crippen molar-refractivity contribution in [3.05, 3.63) is 17.5 Å². The largest absolute Gasteiger partial charge is 0.354 e. The summed E-state index contributed by atoms with van der Waals surface area (Å²) in [5, 5.41) is 6.73. The Morgan fingerprint density at radius 3 is 2.76 bits per heavy atom. The molecule has 0 radical (unpaired) electrons. The van der Waals surface area contributed by atoms with Crippen LogP contribution in [-0.2, 0) is 6.54 Å². The van der Waals surface area contributed by atoms with E-state index in [-0.39, 0.29) is 0 Å². The number of rotatable bonds is 6. The molecule has 0 unspecified atom stereocenters. The van der Waals surface area contributed by atoms with Crippen molar-refractivity contribution >= 4 is 5.95 Å². The first-order chi connectivity index (χ1) is 8.15. The lowest BCUT2D eigenvalue weighted by atomic mass is 10.2. The predicted molar refractivity (Wildman–Crippen MR) is 70.0 cm³/mol. The van der Waals surface area contributed by atoms with Crippen molar-refractivity contribution in [1.82, 2.24) is 15.3 Å². The van der Waals surface area contributed by atoms with E-state index in [1.54, 1.807) is 0 Å². The van der Waals surface area contributed by atoms with Crippen LogP contribution in [0.5, 0.6) is 0 Å². The molecule has 0 amide bonds. The summed E-state index contributed by atoms with van der Waals surface area (Å²) in [5.74, 6) is 1.35. The zero-order chi connectivity index (χ0) is 12.3.